The molecule has 1 aromatic heterocycles. The van der Waals surface area contributed by atoms with Crippen LogP contribution in [-0.2, 0) is 11.3 Å². The van der Waals surface area contributed by atoms with Crippen LogP contribution in [0.15, 0.2) is 29.3 Å². The number of amides is 3. The lowest BCUT2D eigenvalue weighted by Gasteiger charge is -2.34. The predicted molar refractivity (Wildman–Crippen MR) is 109 cm³/mol. The molecule has 30 heavy (non-hydrogen) atoms. The van der Waals surface area contributed by atoms with Gasteiger partial charge in [0, 0.05) is 12.6 Å². The fraction of sp³-hybridized carbons (Fsp3) is 0.381. The molecule has 1 fully saturated rings. The standard InChI is InChI=1S/C21H24FN6O2/c1-6-26-17-18(23-20(26)28-14(4)12(2)13(3)24-28)25(5)21(30)27(19(17)29)11-15-7-9-16(22)10-8-15/h7-10,17H,6,11H2,1-5H3/q+1. The molecule has 156 valence electrons. The van der Waals surface area contributed by atoms with E-state index < -0.39 is 12.1 Å². The molecule has 3 heterocycles. The first-order valence-electron chi connectivity index (χ1n) is 9.83. The van der Waals surface area contributed by atoms with Crippen LogP contribution in [-0.4, -0.2) is 67.5 Å². The summed E-state index contributed by atoms with van der Waals surface area (Å²) < 4.78 is 16.8. The van der Waals surface area contributed by atoms with E-state index in [-0.39, 0.29) is 18.3 Å². The van der Waals surface area contributed by atoms with Gasteiger partial charge in [-0.2, -0.15) is 0 Å². The first kappa shape index (κ1) is 19.9. The number of hydrogen-bond donors (Lipinski definition) is 0. The average Bonchev–Trinajstić information content (AvgIpc) is 3.24. The number of aromatic nitrogens is 2. The summed E-state index contributed by atoms with van der Waals surface area (Å²) in [5, 5.41) is 4.58. The average molecular weight is 411 g/mol. The number of likely N-dealkylation sites (N-methyl/N-ethyl adjacent to an activating group) is 2. The molecule has 2 aromatic rings. The van der Waals surface area contributed by atoms with E-state index in [2.05, 4.69) is 10.1 Å². The third-order valence-corrected chi connectivity index (χ3v) is 5.83. The molecule has 0 aliphatic carbocycles. The van der Waals surface area contributed by atoms with Crippen LogP contribution in [0.5, 0.6) is 0 Å². The molecule has 0 N–H and O–H groups in total. The van der Waals surface area contributed by atoms with Gasteiger partial charge in [-0.25, -0.2) is 13.8 Å². The van der Waals surface area contributed by atoms with Gasteiger partial charge in [-0.1, -0.05) is 17.1 Å². The minimum Gasteiger partial charge on any atom is -0.270 e. The summed E-state index contributed by atoms with van der Waals surface area (Å²) in [5.41, 5.74) is 3.56. The van der Waals surface area contributed by atoms with Crippen LogP contribution in [0.3, 0.4) is 0 Å². The SMILES string of the molecule is CC[N+]1=C(n2nc(C)c(C)c2C)N=C2C1C(=O)N(Cc1ccc(F)cc1)C(=O)N2C. The number of imide groups is 1. The molecule has 2 aliphatic heterocycles. The topological polar surface area (TPSA) is 73.8 Å². The maximum absolute atomic E-state index is 13.4. The largest absolute Gasteiger partial charge is 0.421 e. The van der Waals surface area contributed by atoms with Crippen molar-refractivity contribution in [3.05, 3.63) is 52.6 Å². The van der Waals surface area contributed by atoms with Crippen molar-refractivity contribution in [2.24, 2.45) is 4.99 Å². The maximum Gasteiger partial charge on any atom is 0.421 e. The molecule has 0 spiro atoms. The summed E-state index contributed by atoms with van der Waals surface area (Å²) in [7, 11) is 1.61. The Hall–Kier alpha value is -3.36. The molecule has 0 radical (unpaired) electrons. The van der Waals surface area contributed by atoms with Crippen molar-refractivity contribution < 1.29 is 18.6 Å². The van der Waals surface area contributed by atoms with Crippen LogP contribution < -0.4 is 0 Å². The van der Waals surface area contributed by atoms with Gasteiger partial charge in [0.15, 0.2) is 0 Å². The normalized spacial score (nSPS) is 19.0. The summed E-state index contributed by atoms with van der Waals surface area (Å²) >= 11 is 0. The van der Waals surface area contributed by atoms with Gasteiger partial charge in [0.05, 0.1) is 18.8 Å². The number of halogens is 1. The number of rotatable bonds is 3. The molecule has 4 rings (SSSR count). The van der Waals surface area contributed by atoms with Crippen LogP contribution in [0, 0.1) is 26.6 Å². The van der Waals surface area contributed by atoms with Gasteiger partial charge in [-0.05, 0) is 45.4 Å². The van der Waals surface area contributed by atoms with E-state index in [1.807, 2.05) is 32.3 Å². The Morgan fingerprint density at radius 3 is 2.37 bits per heavy atom. The van der Waals surface area contributed by atoms with Crippen molar-refractivity contribution >= 4 is 23.7 Å². The number of carbonyl (C=O) groups excluding carboxylic acids is 2. The Labute approximate surface area is 173 Å². The molecule has 3 amide bonds. The van der Waals surface area contributed by atoms with Gasteiger partial charge in [-0.3, -0.25) is 14.6 Å². The van der Waals surface area contributed by atoms with Crippen LogP contribution in [0.1, 0.15) is 29.4 Å². The Morgan fingerprint density at radius 1 is 1.13 bits per heavy atom. The summed E-state index contributed by atoms with van der Waals surface area (Å²) in [5.74, 6) is 0.204. The van der Waals surface area contributed by atoms with E-state index in [1.165, 1.54) is 21.9 Å². The third-order valence-electron chi connectivity index (χ3n) is 5.83. The van der Waals surface area contributed by atoms with E-state index in [9.17, 15) is 14.0 Å². The maximum atomic E-state index is 13.4. The second-order valence-corrected chi connectivity index (χ2v) is 7.56. The molecule has 8 nitrogen and oxygen atoms in total. The van der Waals surface area contributed by atoms with E-state index >= 15 is 0 Å². The number of urea groups is 1. The highest BCUT2D eigenvalue weighted by Crippen LogP contribution is 2.23. The Bertz CT molecular complexity index is 1120. The van der Waals surface area contributed by atoms with E-state index in [0.717, 1.165) is 17.0 Å². The van der Waals surface area contributed by atoms with Crippen molar-refractivity contribution in [2.45, 2.75) is 40.3 Å². The zero-order valence-corrected chi connectivity index (χ0v) is 17.7. The van der Waals surface area contributed by atoms with Crippen molar-refractivity contribution in [2.75, 3.05) is 13.6 Å². The molecular formula is C21H24FN6O2+. The number of aliphatic imine (C=N–C) groups is 1. The highest BCUT2D eigenvalue weighted by molar-refractivity contribution is 6.22. The van der Waals surface area contributed by atoms with Crippen molar-refractivity contribution in [3.8, 4) is 0 Å². The predicted octanol–water partition coefficient (Wildman–Crippen LogP) is 2.06. The first-order valence-corrected chi connectivity index (χ1v) is 9.83. The fourth-order valence-corrected chi connectivity index (χ4v) is 3.83. The summed E-state index contributed by atoms with van der Waals surface area (Å²) in [4.78, 5) is 33.6. The molecule has 1 atom stereocenters. The number of hydrogen-bond acceptors (Lipinski definition) is 4. The number of amidine groups is 1. The quantitative estimate of drug-likeness (QED) is 0.726. The van der Waals surface area contributed by atoms with E-state index in [4.69, 9.17) is 0 Å². The molecule has 0 bridgehead atoms. The zero-order valence-electron chi connectivity index (χ0n) is 17.7. The highest BCUT2D eigenvalue weighted by Gasteiger charge is 2.52. The third kappa shape index (κ3) is 2.92. The van der Waals surface area contributed by atoms with Gasteiger partial charge in [0.1, 0.15) is 11.5 Å². The Kier molecular flexibility index (Phi) is 4.76. The number of fused-ring (bicyclic) bond motifs is 1. The number of benzene rings is 1. The lowest BCUT2D eigenvalue weighted by molar-refractivity contribution is -0.534. The molecule has 2 aliphatic rings. The number of carbonyl (C=O) groups is 2. The number of aryl methyl sites for hydroxylation is 1. The lowest BCUT2D eigenvalue weighted by atomic mass is 10.1. The van der Waals surface area contributed by atoms with Gasteiger partial charge >= 0.3 is 12.0 Å². The monoisotopic (exact) mass is 411 g/mol. The van der Waals surface area contributed by atoms with Gasteiger partial charge in [-0.15, -0.1) is 9.78 Å². The lowest BCUT2D eigenvalue weighted by Crippen LogP contribution is -2.62. The summed E-state index contributed by atoms with van der Waals surface area (Å²) in [6.07, 6.45) is 0. The number of nitrogens with zero attached hydrogens (tertiary/aromatic N) is 6. The summed E-state index contributed by atoms with van der Waals surface area (Å²) in [6.45, 7) is 8.39. The van der Waals surface area contributed by atoms with Gasteiger partial charge in [0.2, 0.25) is 11.9 Å². The van der Waals surface area contributed by atoms with Crippen molar-refractivity contribution in [1.82, 2.24) is 19.6 Å². The Balaban J connectivity index is 1.76. The van der Waals surface area contributed by atoms with Gasteiger partial charge in [0.25, 0.3) is 5.91 Å². The van der Waals surface area contributed by atoms with Crippen LogP contribution in [0.25, 0.3) is 0 Å². The molecule has 0 saturated carbocycles. The fourth-order valence-electron chi connectivity index (χ4n) is 3.83. The van der Waals surface area contributed by atoms with E-state index in [0.29, 0.717) is 23.9 Å². The molecule has 9 heteroatoms. The van der Waals surface area contributed by atoms with E-state index in [1.54, 1.807) is 23.9 Å². The summed E-state index contributed by atoms with van der Waals surface area (Å²) in [6, 6.07) is 4.61. The van der Waals surface area contributed by atoms with Crippen molar-refractivity contribution in [1.29, 1.82) is 0 Å². The minimum absolute atomic E-state index is 0.0674. The zero-order chi connectivity index (χ0) is 21.7. The second kappa shape index (κ2) is 7.16. The van der Waals surface area contributed by atoms with Crippen LogP contribution in [0.4, 0.5) is 9.18 Å². The molecule has 1 aromatic carbocycles. The van der Waals surface area contributed by atoms with Gasteiger partial charge < -0.3 is 0 Å². The minimum atomic E-state index is -0.711. The first-order chi connectivity index (χ1) is 14.2. The van der Waals surface area contributed by atoms with Crippen LogP contribution in [0.2, 0.25) is 0 Å². The van der Waals surface area contributed by atoms with Crippen molar-refractivity contribution in [3.63, 3.8) is 0 Å². The molecule has 1 saturated heterocycles. The smallest absolute Gasteiger partial charge is 0.270 e. The molecule has 1 unspecified atom stereocenters. The second-order valence-electron chi connectivity index (χ2n) is 7.56. The highest BCUT2D eigenvalue weighted by atomic mass is 19.1. The van der Waals surface area contributed by atoms with Crippen LogP contribution >= 0.6 is 0 Å². The molecular weight excluding hydrogens is 387 g/mol. The Morgan fingerprint density at radius 2 is 1.80 bits per heavy atom.